The Morgan fingerprint density at radius 3 is 2.29 bits per heavy atom. The third kappa shape index (κ3) is 5.11. The smallest absolute Gasteiger partial charge is 0.322 e. The molecule has 0 radical (unpaired) electrons. The number of hydrogen-bond donors (Lipinski definition) is 2. The van der Waals surface area contributed by atoms with E-state index in [1.807, 2.05) is 60.7 Å². The van der Waals surface area contributed by atoms with Gasteiger partial charge in [-0.2, -0.15) is 5.01 Å². The van der Waals surface area contributed by atoms with Crippen molar-refractivity contribution >= 4 is 17.8 Å². The molecule has 2 aromatic carbocycles. The molecule has 4 rings (SSSR count). The van der Waals surface area contributed by atoms with Crippen molar-refractivity contribution < 1.29 is 14.4 Å². The van der Waals surface area contributed by atoms with Crippen LogP contribution >= 0.6 is 0 Å². The summed E-state index contributed by atoms with van der Waals surface area (Å²) in [5.41, 5.74) is 3.70. The van der Waals surface area contributed by atoms with Crippen LogP contribution in [0.15, 0.2) is 60.7 Å². The van der Waals surface area contributed by atoms with E-state index in [2.05, 4.69) is 15.6 Å². The number of carbonyl (C=O) groups excluding carboxylic acids is 3. The van der Waals surface area contributed by atoms with E-state index in [1.165, 1.54) is 0 Å². The van der Waals surface area contributed by atoms with Crippen LogP contribution in [0.3, 0.4) is 0 Å². The maximum atomic E-state index is 12.9. The predicted molar refractivity (Wildman–Crippen MR) is 117 cm³/mol. The van der Waals surface area contributed by atoms with Gasteiger partial charge in [-0.3, -0.25) is 19.9 Å². The molecule has 31 heavy (non-hydrogen) atoms. The van der Waals surface area contributed by atoms with Gasteiger partial charge in [-0.05, 0) is 43.7 Å². The Morgan fingerprint density at radius 1 is 1.06 bits per heavy atom. The van der Waals surface area contributed by atoms with Gasteiger partial charge in [-0.1, -0.05) is 60.7 Å². The van der Waals surface area contributed by atoms with Gasteiger partial charge >= 0.3 is 6.03 Å². The first-order valence-electron chi connectivity index (χ1n) is 10.7. The molecule has 2 aromatic rings. The van der Waals surface area contributed by atoms with E-state index in [-0.39, 0.29) is 12.5 Å². The van der Waals surface area contributed by atoms with E-state index in [4.69, 9.17) is 0 Å². The minimum absolute atomic E-state index is 0.136. The van der Waals surface area contributed by atoms with Crippen LogP contribution in [0.25, 0.3) is 0 Å². The second kappa shape index (κ2) is 8.89. The van der Waals surface area contributed by atoms with Crippen LogP contribution in [0.1, 0.15) is 37.3 Å². The second-order valence-electron chi connectivity index (χ2n) is 8.55. The highest BCUT2D eigenvalue weighted by molar-refractivity contribution is 6.07. The number of nitrogens with zero attached hydrogens (tertiary/aromatic N) is 2. The summed E-state index contributed by atoms with van der Waals surface area (Å²) in [6.07, 6.45) is 3.22. The van der Waals surface area contributed by atoms with Crippen LogP contribution in [0.4, 0.5) is 4.79 Å². The number of nitrogens with one attached hydrogen (secondary N) is 2. The number of carbonyl (C=O) groups is 3. The van der Waals surface area contributed by atoms with Crippen molar-refractivity contribution in [3.8, 4) is 0 Å². The molecule has 1 heterocycles. The number of urea groups is 1. The molecule has 0 unspecified atom stereocenters. The lowest BCUT2D eigenvalue weighted by molar-refractivity contribution is -0.139. The predicted octanol–water partition coefficient (Wildman–Crippen LogP) is 2.63. The molecule has 2 aliphatic rings. The van der Waals surface area contributed by atoms with Crippen LogP contribution < -0.4 is 10.7 Å². The molecular formula is C24H28N4O3. The molecule has 1 aliphatic carbocycles. The Hall–Kier alpha value is -3.19. The zero-order valence-corrected chi connectivity index (χ0v) is 17.7. The van der Waals surface area contributed by atoms with E-state index in [9.17, 15) is 14.4 Å². The summed E-state index contributed by atoms with van der Waals surface area (Å²) in [7, 11) is 0. The van der Waals surface area contributed by atoms with Crippen LogP contribution in [0, 0.1) is 0 Å². The Balaban J connectivity index is 1.35. The van der Waals surface area contributed by atoms with Crippen molar-refractivity contribution in [3.63, 3.8) is 0 Å². The largest absolute Gasteiger partial charge is 0.344 e. The van der Waals surface area contributed by atoms with Crippen LogP contribution in [-0.2, 0) is 22.6 Å². The zero-order valence-electron chi connectivity index (χ0n) is 17.7. The molecule has 7 nitrogen and oxygen atoms in total. The molecule has 1 aliphatic heterocycles. The molecule has 1 atom stereocenters. The summed E-state index contributed by atoms with van der Waals surface area (Å²) in [4.78, 5) is 40.1. The molecule has 162 valence electrons. The van der Waals surface area contributed by atoms with Gasteiger partial charge in [0.2, 0.25) is 0 Å². The standard InChI is InChI=1S/C24H28N4O3/c1-24(15-14-18-8-4-2-5-9-18)22(30)28(23(31)25-24)26-21(29)17-27(20-12-13-20)16-19-10-6-3-7-11-19/h2-11,20H,12-17H2,1H3,(H,25,31)(H,26,29)/t24-/m1/s1. The third-order valence-corrected chi connectivity index (χ3v) is 5.89. The lowest BCUT2D eigenvalue weighted by Crippen LogP contribution is -2.51. The van der Waals surface area contributed by atoms with Crippen LogP contribution in [0.2, 0.25) is 0 Å². The normalized spacial score (nSPS) is 20.8. The maximum absolute atomic E-state index is 12.9. The maximum Gasteiger partial charge on any atom is 0.344 e. The Morgan fingerprint density at radius 2 is 1.68 bits per heavy atom. The van der Waals surface area contributed by atoms with E-state index < -0.39 is 17.5 Å². The van der Waals surface area contributed by atoms with Crippen molar-refractivity contribution in [2.24, 2.45) is 0 Å². The Kier molecular flexibility index (Phi) is 6.04. The summed E-state index contributed by atoms with van der Waals surface area (Å²) in [5, 5.41) is 3.58. The second-order valence-corrected chi connectivity index (χ2v) is 8.55. The lowest BCUT2D eigenvalue weighted by atomic mass is 9.93. The molecule has 0 aromatic heterocycles. The number of hydrogen-bond acceptors (Lipinski definition) is 4. The van der Waals surface area contributed by atoms with Crippen LogP contribution in [-0.4, -0.2) is 45.9 Å². The quantitative estimate of drug-likeness (QED) is 0.611. The number of benzene rings is 2. The van der Waals surface area contributed by atoms with Gasteiger partial charge in [0.25, 0.3) is 11.8 Å². The topological polar surface area (TPSA) is 81.8 Å². The molecule has 1 saturated carbocycles. The fraction of sp³-hybridized carbons (Fsp3) is 0.375. The van der Waals surface area contributed by atoms with Gasteiger partial charge in [0.05, 0.1) is 6.54 Å². The molecular weight excluding hydrogens is 392 g/mol. The number of imide groups is 1. The first-order valence-corrected chi connectivity index (χ1v) is 10.7. The zero-order chi connectivity index (χ0) is 21.8. The van der Waals surface area contributed by atoms with Gasteiger partial charge in [0.15, 0.2) is 0 Å². The fourth-order valence-electron chi connectivity index (χ4n) is 3.91. The van der Waals surface area contributed by atoms with E-state index in [1.54, 1.807) is 6.92 Å². The first kappa shape index (κ1) is 21.1. The average Bonchev–Trinajstić information content (AvgIpc) is 3.59. The lowest BCUT2D eigenvalue weighted by Gasteiger charge is -2.24. The Bertz CT molecular complexity index is 946. The van der Waals surface area contributed by atoms with Gasteiger partial charge < -0.3 is 5.32 Å². The van der Waals surface area contributed by atoms with E-state index in [0.29, 0.717) is 25.4 Å². The number of hydrazine groups is 1. The van der Waals surface area contributed by atoms with E-state index >= 15 is 0 Å². The highest BCUT2D eigenvalue weighted by Gasteiger charge is 2.48. The van der Waals surface area contributed by atoms with Crippen molar-refractivity contribution in [1.29, 1.82) is 0 Å². The summed E-state index contributed by atoms with van der Waals surface area (Å²) < 4.78 is 0. The van der Waals surface area contributed by atoms with Gasteiger partial charge in [-0.25, -0.2) is 4.79 Å². The minimum atomic E-state index is -1.04. The minimum Gasteiger partial charge on any atom is -0.322 e. The SMILES string of the molecule is C[C@]1(CCc2ccccc2)NC(=O)N(NC(=O)CN(Cc2ccccc2)C2CC2)C1=O. The summed E-state index contributed by atoms with van der Waals surface area (Å²) in [6, 6.07) is 19.6. The van der Waals surface area contributed by atoms with Crippen molar-refractivity contribution in [1.82, 2.24) is 20.7 Å². The highest BCUT2D eigenvalue weighted by Crippen LogP contribution is 2.28. The molecule has 7 heteroatoms. The molecule has 1 saturated heterocycles. The van der Waals surface area contributed by atoms with Crippen molar-refractivity contribution in [2.45, 2.75) is 50.7 Å². The van der Waals surface area contributed by atoms with Gasteiger partial charge in [0.1, 0.15) is 5.54 Å². The number of amides is 4. The highest BCUT2D eigenvalue weighted by atomic mass is 16.2. The third-order valence-electron chi connectivity index (χ3n) is 5.89. The van der Waals surface area contributed by atoms with Crippen LogP contribution in [0.5, 0.6) is 0 Å². The molecule has 2 fully saturated rings. The fourth-order valence-corrected chi connectivity index (χ4v) is 3.91. The molecule has 0 spiro atoms. The molecule has 0 bridgehead atoms. The first-order chi connectivity index (χ1) is 14.9. The molecule has 2 N–H and O–H groups in total. The summed E-state index contributed by atoms with van der Waals surface area (Å²) in [6.45, 7) is 2.50. The Labute approximate surface area is 182 Å². The van der Waals surface area contributed by atoms with Gasteiger partial charge in [-0.15, -0.1) is 0 Å². The molecule has 4 amide bonds. The number of aryl methyl sites for hydroxylation is 1. The average molecular weight is 421 g/mol. The van der Waals surface area contributed by atoms with Gasteiger partial charge in [0, 0.05) is 12.6 Å². The monoisotopic (exact) mass is 420 g/mol. The summed E-state index contributed by atoms with van der Waals surface area (Å²) in [5.74, 6) is -0.790. The van der Waals surface area contributed by atoms with E-state index in [0.717, 1.165) is 29.0 Å². The van der Waals surface area contributed by atoms with Crippen molar-refractivity contribution in [2.75, 3.05) is 6.54 Å². The number of rotatable bonds is 9. The van der Waals surface area contributed by atoms with Crippen molar-refractivity contribution in [3.05, 3.63) is 71.8 Å². The summed E-state index contributed by atoms with van der Waals surface area (Å²) >= 11 is 0.